The van der Waals surface area contributed by atoms with E-state index in [0.29, 0.717) is 19.0 Å². The fraction of sp³-hybridized carbons (Fsp3) is 0.440. The molecule has 2 aromatic rings. The minimum atomic E-state index is -0.711. The van der Waals surface area contributed by atoms with Crippen molar-refractivity contribution in [3.8, 4) is 5.75 Å². The van der Waals surface area contributed by atoms with E-state index in [9.17, 15) is 9.90 Å². The fourth-order valence-corrected chi connectivity index (χ4v) is 3.72. The van der Waals surface area contributed by atoms with E-state index >= 15 is 0 Å². The van der Waals surface area contributed by atoms with Gasteiger partial charge in [-0.05, 0) is 62.9 Å². The fourth-order valence-electron chi connectivity index (χ4n) is 3.72. The maximum atomic E-state index is 12.8. The van der Waals surface area contributed by atoms with Crippen molar-refractivity contribution in [2.45, 2.75) is 45.8 Å². The van der Waals surface area contributed by atoms with Crippen LogP contribution in [-0.4, -0.2) is 49.3 Å². The number of aliphatic hydroxyl groups excluding tert-OH is 1. The summed E-state index contributed by atoms with van der Waals surface area (Å²) in [5.41, 5.74) is 2.97. The highest BCUT2D eigenvalue weighted by atomic mass is 16.5. The average Bonchev–Trinajstić information content (AvgIpc) is 2.80. The van der Waals surface area contributed by atoms with E-state index in [4.69, 9.17) is 4.74 Å². The molecule has 1 aliphatic heterocycles. The van der Waals surface area contributed by atoms with Gasteiger partial charge in [0, 0.05) is 25.3 Å². The number of aliphatic imine (C=N–C) groups is 1. The van der Waals surface area contributed by atoms with Gasteiger partial charge in [0.1, 0.15) is 12.3 Å². The predicted molar refractivity (Wildman–Crippen MR) is 128 cm³/mol. The number of aliphatic hydroxyl groups is 1. The third kappa shape index (κ3) is 6.47. The zero-order valence-electron chi connectivity index (χ0n) is 19.2. The van der Waals surface area contributed by atoms with Crippen molar-refractivity contribution in [2.75, 3.05) is 31.1 Å². The number of benzene rings is 2. The Kier molecular flexibility index (Phi) is 8.50. The number of rotatable bonds is 8. The van der Waals surface area contributed by atoms with Crippen molar-refractivity contribution in [1.29, 1.82) is 0 Å². The molecule has 0 aromatic heterocycles. The maximum absolute atomic E-state index is 12.8. The summed E-state index contributed by atoms with van der Waals surface area (Å²) in [5, 5.41) is 16.8. The third-order valence-electron chi connectivity index (χ3n) is 5.23. The van der Waals surface area contributed by atoms with Crippen molar-refractivity contribution in [3.63, 3.8) is 0 Å². The Morgan fingerprint density at radius 3 is 2.62 bits per heavy atom. The average molecular weight is 439 g/mol. The molecule has 32 heavy (non-hydrogen) atoms. The van der Waals surface area contributed by atoms with E-state index in [0.717, 1.165) is 29.8 Å². The summed E-state index contributed by atoms with van der Waals surface area (Å²) in [5.74, 6) is 1.25. The van der Waals surface area contributed by atoms with Gasteiger partial charge in [0.05, 0.1) is 12.2 Å². The van der Waals surface area contributed by atoms with Crippen molar-refractivity contribution in [1.82, 2.24) is 10.6 Å². The number of anilines is 1. The molecule has 0 aliphatic carbocycles. The number of carbonyl (C=O) groups is 1. The number of nitrogens with zero attached hydrogens (tertiary/aromatic N) is 2. The van der Waals surface area contributed by atoms with Gasteiger partial charge < -0.3 is 25.4 Å². The summed E-state index contributed by atoms with van der Waals surface area (Å²) < 4.78 is 5.64. The highest BCUT2D eigenvalue weighted by Crippen LogP contribution is 2.26. The molecule has 0 saturated carbocycles. The molecule has 172 valence electrons. The second-order valence-corrected chi connectivity index (χ2v) is 8.11. The molecule has 0 bridgehead atoms. The lowest BCUT2D eigenvalue weighted by atomic mass is 10.0. The van der Waals surface area contributed by atoms with Crippen molar-refractivity contribution in [3.05, 3.63) is 59.7 Å². The monoisotopic (exact) mass is 438 g/mol. The SMILES string of the molecule is CCNC(=NCC(=O)N1CCCc2ccccc21)NCC(O)c1ccc(OC(C)C)cc1. The Labute approximate surface area is 190 Å². The molecule has 2 aromatic carbocycles. The number of para-hydroxylation sites is 1. The van der Waals surface area contributed by atoms with Gasteiger partial charge in [0.15, 0.2) is 5.96 Å². The molecule has 1 aliphatic rings. The topological polar surface area (TPSA) is 86.2 Å². The Balaban J connectivity index is 1.57. The predicted octanol–water partition coefficient (Wildman–Crippen LogP) is 3.04. The van der Waals surface area contributed by atoms with Crippen LogP contribution in [0.1, 0.15) is 44.4 Å². The van der Waals surface area contributed by atoms with Gasteiger partial charge >= 0.3 is 0 Å². The summed E-state index contributed by atoms with van der Waals surface area (Å²) in [4.78, 5) is 19.1. The van der Waals surface area contributed by atoms with E-state index in [1.807, 2.05) is 68.1 Å². The van der Waals surface area contributed by atoms with Gasteiger partial charge in [0.25, 0.3) is 0 Å². The molecular weight excluding hydrogens is 404 g/mol. The number of fused-ring (bicyclic) bond motifs is 1. The molecule has 1 amide bonds. The molecule has 0 radical (unpaired) electrons. The van der Waals surface area contributed by atoms with Crippen LogP contribution in [0.2, 0.25) is 0 Å². The van der Waals surface area contributed by atoms with Gasteiger partial charge in [-0.25, -0.2) is 4.99 Å². The first-order chi connectivity index (χ1) is 15.5. The zero-order valence-corrected chi connectivity index (χ0v) is 19.2. The smallest absolute Gasteiger partial charge is 0.248 e. The van der Waals surface area contributed by atoms with Gasteiger partial charge in [-0.2, -0.15) is 0 Å². The standard InChI is InChI=1S/C25H34N4O3/c1-4-26-25(27-16-23(30)20-11-13-21(14-12-20)32-18(2)3)28-17-24(31)29-15-7-9-19-8-5-6-10-22(19)29/h5-6,8,10-14,18,23,30H,4,7,9,15-17H2,1-3H3,(H2,26,27,28). The molecule has 3 rings (SSSR count). The van der Waals surface area contributed by atoms with Gasteiger partial charge in [-0.1, -0.05) is 30.3 Å². The number of hydrogen-bond donors (Lipinski definition) is 3. The minimum Gasteiger partial charge on any atom is -0.491 e. The molecule has 7 heteroatoms. The van der Waals surface area contributed by atoms with E-state index in [2.05, 4.69) is 21.7 Å². The van der Waals surface area contributed by atoms with Crippen LogP contribution < -0.4 is 20.3 Å². The normalized spacial score (nSPS) is 14.7. The Morgan fingerprint density at radius 1 is 1.16 bits per heavy atom. The van der Waals surface area contributed by atoms with Crippen LogP contribution in [0.5, 0.6) is 5.75 Å². The number of aryl methyl sites for hydroxylation is 1. The van der Waals surface area contributed by atoms with Crippen LogP contribution in [0.4, 0.5) is 5.69 Å². The van der Waals surface area contributed by atoms with E-state index in [1.165, 1.54) is 5.56 Å². The molecule has 1 heterocycles. The lowest BCUT2D eigenvalue weighted by Gasteiger charge is -2.29. The second kappa shape index (κ2) is 11.5. The summed E-state index contributed by atoms with van der Waals surface area (Å²) in [6.07, 6.45) is 1.34. The van der Waals surface area contributed by atoms with Crippen LogP contribution in [0, 0.1) is 0 Å². The van der Waals surface area contributed by atoms with E-state index in [1.54, 1.807) is 0 Å². The molecule has 1 atom stereocenters. The third-order valence-corrected chi connectivity index (χ3v) is 5.23. The molecule has 0 spiro atoms. The highest BCUT2D eigenvalue weighted by Gasteiger charge is 2.21. The number of hydrogen-bond acceptors (Lipinski definition) is 4. The Hall–Kier alpha value is -3.06. The first-order valence-electron chi connectivity index (χ1n) is 11.3. The first kappa shape index (κ1) is 23.6. The van der Waals surface area contributed by atoms with Crippen molar-refractivity contribution < 1.29 is 14.6 Å². The van der Waals surface area contributed by atoms with Gasteiger partial charge in [-0.15, -0.1) is 0 Å². The molecule has 0 fully saturated rings. The molecular formula is C25H34N4O3. The summed E-state index contributed by atoms with van der Waals surface area (Å²) in [6.45, 7) is 7.60. The molecule has 7 nitrogen and oxygen atoms in total. The Bertz CT molecular complexity index is 912. The number of carbonyl (C=O) groups excluding carboxylic acids is 1. The maximum Gasteiger partial charge on any atom is 0.248 e. The van der Waals surface area contributed by atoms with Crippen LogP contribution in [0.25, 0.3) is 0 Å². The molecule has 1 unspecified atom stereocenters. The van der Waals surface area contributed by atoms with Crippen LogP contribution >= 0.6 is 0 Å². The van der Waals surface area contributed by atoms with Gasteiger partial charge in [-0.3, -0.25) is 4.79 Å². The summed E-state index contributed by atoms with van der Waals surface area (Å²) >= 11 is 0. The minimum absolute atomic E-state index is 0.0318. The van der Waals surface area contributed by atoms with Crippen LogP contribution in [-0.2, 0) is 11.2 Å². The van der Waals surface area contributed by atoms with Crippen molar-refractivity contribution >= 4 is 17.6 Å². The zero-order chi connectivity index (χ0) is 22.9. The molecule has 0 saturated heterocycles. The number of nitrogens with one attached hydrogen (secondary N) is 2. The largest absolute Gasteiger partial charge is 0.491 e. The van der Waals surface area contributed by atoms with Crippen LogP contribution in [0.15, 0.2) is 53.5 Å². The highest BCUT2D eigenvalue weighted by molar-refractivity contribution is 5.97. The quantitative estimate of drug-likeness (QED) is 0.436. The number of guanidine groups is 1. The van der Waals surface area contributed by atoms with E-state index < -0.39 is 6.10 Å². The van der Waals surface area contributed by atoms with Crippen LogP contribution in [0.3, 0.4) is 0 Å². The second-order valence-electron chi connectivity index (χ2n) is 8.11. The number of ether oxygens (including phenoxy) is 1. The lowest BCUT2D eigenvalue weighted by Crippen LogP contribution is -2.41. The van der Waals surface area contributed by atoms with Crippen molar-refractivity contribution in [2.24, 2.45) is 4.99 Å². The lowest BCUT2D eigenvalue weighted by molar-refractivity contribution is -0.117. The molecule has 3 N–H and O–H groups in total. The summed E-state index contributed by atoms with van der Waals surface area (Å²) in [7, 11) is 0. The Morgan fingerprint density at radius 2 is 1.91 bits per heavy atom. The number of amides is 1. The van der Waals surface area contributed by atoms with Gasteiger partial charge in [0.2, 0.25) is 5.91 Å². The first-order valence-corrected chi connectivity index (χ1v) is 11.3. The van der Waals surface area contributed by atoms with E-state index in [-0.39, 0.29) is 25.1 Å². The summed E-state index contributed by atoms with van der Waals surface area (Å²) in [6, 6.07) is 15.5.